The van der Waals surface area contributed by atoms with Gasteiger partial charge in [-0.05, 0) is 18.8 Å². The van der Waals surface area contributed by atoms with E-state index in [1.54, 1.807) is 0 Å². The highest BCUT2D eigenvalue weighted by atomic mass is 16.5. The molecule has 1 saturated carbocycles. The normalized spacial score (nSPS) is 37.5. The second-order valence-corrected chi connectivity index (χ2v) is 5.73. The molecule has 0 bridgehead atoms. The van der Waals surface area contributed by atoms with Crippen LogP contribution in [0, 0.1) is 11.3 Å². The molecule has 0 aromatic carbocycles. The molecule has 16 heavy (non-hydrogen) atoms. The Morgan fingerprint density at radius 3 is 2.44 bits per heavy atom. The monoisotopic (exact) mass is 227 g/mol. The molecule has 1 aliphatic heterocycles. The van der Waals surface area contributed by atoms with Crippen molar-refractivity contribution in [3.05, 3.63) is 0 Å². The number of hydrogen-bond acceptors (Lipinski definition) is 3. The van der Waals surface area contributed by atoms with Crippen LogP contribution in [-0.4, -0.2) is 49.5 Å². The average molecular weight is 227 g/mol. The third kappa shape index (κ3) is 2.96. The Morgan fingerprint density at radius 2 is 1.88 bits per heavy atom. The van der Waals surface area contributed by atoms with Crippen LogP contribution >= 0.6 is 0 Å². The molecule has 0 spiro atoms. The first-order valence-corrected chi connectivity index (χ1v) is 6.65. The molecule has 1 heterocycles. The first-order chi connectivity index (χ1) is 7.74. The summed E-state index contributed by atoms with van der Waals surface area (Å²) < 4.78 is 5.37. The van der Waals surface area contributed by atoms with Crippen molar-refractivity contribution < 1.29 is 9.84 Å². The maximum absolute atomic E-state index is 9.70. The molecule has 0 amide bonds. The molecule has 1 saturated heterocycles. The standard InChI is InChI=1S/C13H25NO2/c1-12-2-4-13(11-15,5-3-12)10-14-6-8-16-9-7-14/h12,15H,2-11H2,1H3. The van der Waals surface area contributed by atoms with Gasteiger partial charge in [-0.1, -0.05) is 19.8 Å². The van der Waals surface area contributed by atoms with Gasteiger partial charge in [-0.2, -0.15) is 0 Å². The van der Waals surface area contributed by atoms with Crippen LogP contribution in [0.5, 0.6) is 0 Å². The predicted octanol–water partition coefficient (Wildman–Crippen LogP) is 1.51. The smallest absolute Gasteiger partial charge is 0.0594 e. The summed E-state index contributed by atoms with van der Waals surface area (Å²) in [6.45, 7) is 7.55. The third-order valence-electron chi connectivity index (χ3n) is 4.33. The largest absolute Gasteiger partial charge is 0.396 e. The Kier molecular flexibility index (Phi) is 4.22. The fourth-order valence-electron chi connectivity index (χ4n) is 2.97. The van der Waals surface area contributed by atoms with E-state index in [2.05, 4.69) is 11.8 Å². The van der Waals surface area contributed by atoms with Crippen molar-refractivity contribution in [1.29, 1.82) is 0 Å². The van der Waals surface area contributed by atoms with Crippen molar-refractivity contribution in [3.8, 4) is 0 Å². The number of aliphatic hydroxyl groups is 1. The van der Waals surface area contributed by atoms with Gasteiger partial charge in [0.05, 0.1) is 13.2 Å². The van der Waals surface area contributed by atoms with Crippen molar-refractivity contribution in [1.82, 2.24) is 4.90 Å². The van der Waals surface area contributed by atoms with Gasteiger partial charge >= 0.3 is 0 Å². The van der Waals surface area contributed by atoms with Gasteiger partial charge in [0.1, 0.15) is 0 Å². The molecule has 0 aromatic heterocycles. The van der Waals surface area contributed by atoms with E-state index in [-0.39, 0.29) is 5.41 Å². The first kappa shape index (κ1) is 12.3. The Hall–Kier alpha value is -0.120. The number of ether oxygens (including phenoxy) is 1. The number of nitrogens with zero attached hydrogens (tertiary/aromatic N) is 1. The van der Waals surface area contributed by atoms with Crippen molar-refractivity contribution in [2.75, 3.05) is 39.5 Å². The van der Waals surface area contributed by atoms with E-state index in [1.807, 2.05) is 0 Å². The minimum Gasteiger partial charge on any atom is -0.396 e. The SMILES string of the molecule is CC1CCC(CO)(CN2CCOCC2)CC1. The summed E-state index contributed by atoms with van der Waals surface area (Å²) in [5.74, 6) is 0.851. The highest BCUT2D eigenvalue weighted by molar-refractivity contribution is 4.87. The van der Waals surface area contributed by atoms with E-state index in [9.17, 15) is 5.11 Å². The Morgan fingerprint density at radius 1 is 1.25 bits per heavy atom. The van der Waals surface area contributed by atoms with Gasteiger partial charge in [0.2, 0.25) is 0 Å². The molecular formula is C13H25NO2. The molecule has 2 fully saturated rings. The zero-order chi connectivity index (χ0) is 11.4. The summed E-state index contributed by atoms with van der Waals surface area (Å²) >= 11 is 0. The summed E-state index contributed by atoms with van der Waals surface area (Å²) in [6.07, 6.45) is 4.96. The maximum atomic E-state index is 9.70. The highest BCUT2D eigenvalue weighted by Gasteiger charge is 2.35. The van der Waals surface area contributed by atoms with Crippen molar-refractivity contribution >= 4 is 0 Å². The zero-order valence-corrected chi connectivity index (χ0v) is 10.5. The van der Waals surface area contributed by atoms with Crippen LogP contribution in [0.15, 0.2) is 0 Å². The molecule has 2 aliphatic rings. The van der Waals surface area contributed by atoms with Crippen LogP contribution in [0.1, 0.15) is 32.6 Å². The third-order valence-corrected chi connectivity index (χ3v) is 4.33. The molecular weight excluding hydrogens is 202 g/mol. The lowest BCUT2D eigenvalue weighted by molar-refractivity contribution is -0.0161. The minimum absolute atomic E-state index is 0.184. The molecule has 0 radical (unpaired) electrons. The van der Waals surface area contributed by atoms with Crippen LogP contribution in [-0.2, 0) is 4.74 Å². The lowest BCUT2D eigenvalue weighted by Gasteiger charge is -2.42. The van der Waals surface area contributed by atoms with E-state index in [0.717, 1.165) is 38.8 Å². The van der Waals surface area contributed by atoms with Gasteiger partial charge in [-0.3, -0.25) is 4.90 Å². The van der Waals surface area contributed by atoms with Crippen LogP contribution in [0.4, 0.5) is 0 Å². The van der Waals surface area contributed by atoms with Gasteiger partial charge in [0.25, 0.3) is 0 Å². The van der Waals surface area contributed by atoms with Crippen molar-refractivity contribution in [2.24, 2.45) is 11.3 Å². The zero-order valence-electron chi connectivity index (χ0n) is 10.5. The number of rotatable bonds is 3. The van der Waals surface area contributed by atoms with E-state index < -0.39 is 0 Å². The summed E-state index contributed by atoms with van der Waals surface area (Å²) in [7, 11) is 0. The predicted molar refractivity (Wildman–Crippen MR) is 64.4 cm³/mol. The quantitative estimate of drug-likeness (QED) is 0.793. The molecule has 94 valence electrons. The van der Waals surface area contributed by atoms with Crippen LogP contribution in [0.25, 0.3) is 0 Å². The Labute approximate surface area is 98.8 Å². The van der Waals surface area contributed by atoms with Gasteiger partial charge < -0.3 is 9.84 Å². The van der Waals surface area contributed by atoms with Gasteiger partial charge in [-0.15, -0.1) is 0 Å². The van der Waals surface area contributed by atoms with Gasteiger partial charge in [0.15, 0.2) is 0 Å². The number of morpholine rings is 1. The summed E-state index contributed by atoms with van der Waals surface area (Å²) in [5, 5.41) is 9.70. The van der Waals surface area contributed by atoms with Gasteiger partial charge in [-0.25, -0.2) is 0 Å². The van der Waals surface area contributed by atoms with Crippen LogP contribution in [0.2, 0.25) is 0 Å². The summed E-state index contributed by atoms with van der Waals surface area (Å²) in [6, 6.07) is 0. The topological polar surface area (TPSA) is 32.7 Å². The molecule has 0 atom stereocenters. The minimum atomic E-state index is 0.184. The molecule has 3 heteroatoms. The van der Waals surface area contributed by atoms with Crippen LogP contribution < -0.4 is 0 Å². The molecule has 1 aliphatic carbocycles. The maximum Gasteiger partial charge on any atom is 0.0594 e. The van der Waals surface area contributed by atoms with Crippen molar-refractivity contribution in [3.63, 3.8) is 0 Å². The highest BCUT2D eigenvalue weighted by Crippen LogP contribution is 2.39. The van der Waals surface area contributed by atoms with Crippen LogP contribution in [0.3, 0.4) is 0 Å². The second kappa shape index (κ2) is 5.48. The average Bonchev–Trinajstić information content (AvgIpc) is 2.34. The summed E-state index contributed by atoms with van der Waals surface area (Å²) in [5.41, 5.74) is 0.184. The van der Waals surface area contributed by atoms with Crippen molar-refractivity contribution in [2.45, 2.75) is 32.6 Å². The number of aliphatic hydroxyl groups excluding tert-OH is 1. The lowest BCUT2D eigenvalue weighted by Crippen LogP contribution is -2.46. The fourth-order valence-corrected chi connectivity index (χ4v) is 2.97. The second-order valence-electron chi connectivity index (χ2n) is 5.73. The summed E-state index contributed by atoms with van der Waals surface area (Å²) in [4.78, 5) is 2.47. The van der Waals surface area contributed by atoms with Gasteiger partial charge in [0, 0.05) is 31.7 Å². The Bertz CT molecular complexity index is 206. The van der Waals surface area contributed by atoms with E-state index in [4.69, 9.17) is 4.74 Å². The molecule has 3 nitrogen and oxygen atoms in total. The molecule has 2 rings (SSSR count). The first-order valence-electron chi connectivity index (χ1n) is 6.65. The molecule has 0 unspecified atom stereocenters. The fraction of sp³-hybridized carbons (Fsp3) is 1.00. The van der Waals surface area contributed by atoms with E-state index in [0.29, 0.717) is 6.61 Å². The number of hydrogen-bond donors (Lipinski definition) is 1. The van der Waals surface area contributed by atoms with E-state index in [1.165, 1.54) is 25.7 Å². The molecule has 0 aromatic rings. The lowest BCUT2D eigenvalue weighted by atomic mass is 9.71. The molecule has 1 N–H and O–H groups in total. The van der Waals surface area contributed by atoms with E-state index >= 15 is 0 Å². The Balaban J connectivity index is 1.88.